The van der Waals surface area contributed by atoms with Gasteiger partial charge in [0.2, 0.25) is 0 Å². The van der Waals surface area contributed by atoms with Gasteiger partial charge in [0.1, 0.15) is 5.69 Å². The number of azo groups is 1. The first-order valence-corrected chi connectivity index (χ1v) is 8.98. The van der Waals surface area contributed by atoms with Crippen molar-refractivity contribution >= 4 is 34.2 Å². The second-order valence-electron chi connectivity index (χ2n) is 4.55. The van der Waals surface area contributed by atoms with Crippen LogP contribution >= 0.6 is 12.0 Å². The van der Waals surface area contributed by atoms with Crippen LogP contribution in [-0.4, -0.2) is 17.4 Å². The maximum absolute atomic E-state index is 10.5. The molecule has 7 nitrogen and oxygen atoms in total. The molecule has 0 spiro atoms. The summed E-state index contributed by atoms with van der Waals surface area (Å²) in [6, 6.07) is 18.2. The van der Waals surface area contributed by atoms with Crippen molar-refractivity contribution < 1.29 is 19.7 Å². The highest BCUT2D eigenvalue weighted by Gasteiger charge is 2.14. The van der Waals surface area contributed by atoms with Gasteiger partial charge in [-0.2, -0.15) is 5.11 Å². The number of fused-ring (bicyclic) bond motifs is 1. The van der Waals surface area contributed by atoms with Crippen LogP contribution in [0.5, 0.6) is 5.75 Å². The van der Waals surface area contributed by atoms with Crippen LogP contribution in [0.15, 0.2) is 75.8 Å². The molecule has 0 aliphatic carbocycles. The molecule has 0 aromatic heterocycles. The molecule has 0 saturated carbocycles. The SMILES string of the molecule is CC.CN.OOOSc1cc2ccccc2c(O)c1N=Nc1ccccc1. The molecular weight excluding hydrogens is 366 g/mol. The average Bonchev–Trinajstić information content (AvgIpc) is 2.75. The number of aromatic hydroxyl groups is 1. The number of phenolic OH excluding ortho intramolecular Hbond substituents is 1. The molecule has 8 heteroatoms. The first kappa shape index (κ1) is 22.6. The van der Waals surface area contributed by atoms with Crippen molar-refractivity contribution in [2.24, 2.45) is 16.0 Å². The number of hydrogen-bond donors (Lipinski definition) is 3. The van der Waals surface area contributed by atoms with Crippen molar-refractivity contribution in [1.29, 1.82) is 0 Å². The summed E-state index contributed by atoms with van der Waals surface area (Å²) in [6.45, 7) is 4.00. The zero-order valence-corrected chi connectivity index (χ0v) is 16.2. The highest BCUT2D eigenvalue weighted by Crippen LogP contribution is 2.43. The van der Waals surface area contributed by atoms with Gasteiger partial charge in [-0.3, -0.25) is 0 Å². The number of benzene rings is 3. The Kier molecular flexibility index (Phi) is 10.7. The fourth-order valence-electron chi connectivity index (χ4n) is 2.11. The normalized spacial score (nSPS) is 10.1. The summed E-state index contributed by atoms with van der Waals surface area (Å²) in [5.74, 6) is -0.0215. The molecular formula is C19H23N3O4S. The zero-order valence-electron chi connectivity index (χ0n) is 15.4. The lowest BCUT2D eigenvalue weighted by Gasteiger charge is -2.08. The van der Waals surface area contributed by atoms with Gasteiger partial charge in [0.15, 0.2) is 5.75 Å². The summed E-state index contributed by atoms with van der Waals surface area (Å²) in [5.41, 5.74) is 5.38. The fraction of sp³-hybridized carbons (Fsp3) is 0.158. The third-order valence-corrected chi connectivity index (χ3v) is 3.76. The van der Waals surface area contributed by atoms with E-state index >= 15 is 0 Å². The van der Waals surface area contributed by atoms with Gasteiger partial charge < -0.3 is 10.8 Å². The minimum absolute atomic E-state index is 0.0215. The molecule has 0 unspecified atom stereocenters. The van der Waals surface area contributed by atoms with E-state index < -0.39 is 0 Å². The van der Waals surface area contributed by atoms with Crippen LogP contribution in [0, 0.1) is 0 Å². The van der Waals surface area contributed by atoms with Crippen molar-refractivity contribution in [1.82, 2.24) is 0 Å². The average molecular weight is 389 g/mol. The zero-order chi connectivity index (χ0) is 20.1. The Labute approximate surface area is 162 Å². The van der Waals surface area contributed by atoms with Gasteiger partial charge in [-0.15, -0.1) is 9.45 Å². The first-order valence-electron chi connectivity index (χ1n) is 8.23. The second-order valence-corrected chi connectivity index (χ2v) is 5.30. The molecule has 3 aromatic rings. The molecule has 4 N–H and O–H groups in total. The van der Waals surface area contributed by atoms with E-state index in [1.54, 1.807) is 24.3 Å². The van der Waals surface area contributed by atoms with Crippen molar-refractivity contribution in [3.8, 4) is 5.75 Å². The van der Waals surface area contributed by atoms with Gasteiger partial charge >= 0.3 is 0 Å². The number of hydrogen-bond acceptors (Lipinski definition) is 8. The van der Waals surface area contributed by atoms with E-state index in [4.69, 9.17) is 5.26 Å². The summed E-state index contributed by atoms with van der Waals surface area (Å²) in [4.78, 5) is 0.454. The molecule has 3 rings (SSSR count). The number of nitrogens with zero attached hydrogens (tertiary/aromatic N) is 2. The van der Waals surface area contributed by atoms with Crippen molar-refractivity contribution in [2.75, 3.05) is 7.05 Å². The Bertz CT molecular complexity index is 845. The van der Waals surface area contributed by atoms with E-state index in [0.717, 1.165) is 17.4 Å². The third-order valence-electron chi connectivity index (χ3n) is 3.14. The summed E-state index contributed by atoms with van der Waals surface area (Å²) in [5, 5.41) is 32.1. The van der Waals surface area contributed by atoms with Crippen LogP contribution in [0.25, 0.3) is 10.8 Å². The maximum Gasteiger partial charge on any atom is 0.152 e. The van der Waals surface area contributed by atoms with Gasteiger partial charge in [-0.05, 0) is 30.6 Å². The Balaban J connectivity index is 0.000000855. The lowest BCUT2D eigenvalue weighted by molar-refractivity contribution is -0.432. The topological polar surface area (TPSA) is 110 Å². The molecule has 0 radical (unpaired) electrons. The van der Waals surface area contributed by atoms with E-state index in [-0.39, 0.29) is 11.4 Å². The lowest BCUT2D eigenvalue weighted by Crippen LogP contribution is -1.83. The smallest absolute Gasteiger partial charge is 0.152 e. The lowest BCUT2D eigenvalue weighted by atomic mass is 10.1. The van der Waals surface area contributed by atoms with Gasteiger partial charge in [0, 0.05) is 5.39 Å². The molecule has 0 aliphatic heterocycles. The largest absolute Gasteiger partial charge is 0.505 e. The molecule has 3 aromatic carbocycles. The quantitative estimate of drug-likeness (QED) is 0.214. The predicted octanol–water partition coefficient (Wildman–Crippen LogP) is 5.99. The molecule has 0 aliphatic rings. The highest BCUT2D eigenvalue weighted by atomic mass is 32.2. The summed E-state index contributed by atoms with van der Waals surface area (Å²) >= 11 is 0.725. The highest BCUT2D eigenvalue weighted by molar-refractivity contribution is 7.94. The minimum atomic E-state index is -0.0215. The van der Waals surface area contributed by atoms with E-state index in [0.29, 0.717) is 16.0 Å². The van der Waals surface area contributed by atoms with Crippen molar-refractivity contribution in [2.45, 2.75) is 18.7 Å². The van der Waals surface area contributed by atoms with Gasteiger partial charge in [0.05, 0.1) is 22.6 Å². The Morgan fingerprint density at radius 3 is 2.22 bits per heavy atom. The molecule has 0 saturated heterocycles. The summed E-state index contributed by atoms with van der Waals surface area (Å²) in [6.07, 6.45) is 0. The van der Waals surface area contributed by atoms with Crippen molar-refractivity contribution in [3.05, 3.63) is 60.7 Å². The van der Waals surface area contributed by atoms with Crippen LogP contribution in [0.2, 0.25) is 0 Å². The monoisotopic (exact) mass is 389 g/mol. The molecule has 0 amide bonds. The minimum Gasteiger partial charge on any atom is -0.505 e. The van der Waals surface area contributed by atoms with E-state index in [1.165, 1.54) is 7.05 Å². The van der Waals surface area contributed by atoms with E-state index in [2.05, 4.69) is 25.3 Å². The Morgan fingerprint density at radius 2 is 1.56 bits per heavy atom. The maximum atomic E-state index is 10.5. The Hall–Kier alpha value is -2.49. The van der Waals surface area contributed by atoms with Gasteiger partial charge in [-0.1, -0.05) is 61.4 Å². The van der Waals surface area contributed by atoms with Crippen LogP contribution in [0.4, 0.5) is 11.4 Å². The van der Waals surface area contributed by atoms with Crippen LogP contribution in [-0.2, 0) is 9.37 Å². The molecule has 144 valence electrons. The summed E-state index contributed by atoms with van der Waals surface area (Å²) < 4.78 is 4.48. The molecule has 27 heavy (non-hydrogen) atoms. The standard InChI is InChI=1S/C16H12N2O4S.C2H6.CH5N/c19-16-13-9-5-4-6-11(13)10-14(23-22-21-20)15(16)18-17-12-7-2-1-3-8-12;2*1-2/h1-10,19-20H;1-2H3;2H2,1H3. The molecule has 0 heterocycles. The van der Waals surface area contributed by atoms with Crippen LogP contribution < -0.4 is 5.73 Å². The van der Waals surface area contributed by atoms with Gasteiger partial charge in [0.25, 0.3) is 0 Å². The Morgan fingerprint density at radius 1 is 0.926 bits per heavy atom. The summed E-state index contributed by atoms with van der Waals surface area (Å²) in [7, 11) is 1.50. The fourth-order valence-corrected chi connectivity index (χ4v) is 2.60. The molecule has 0 atom stereocenters. The predicted molar refractivity (Wildman–Crippen MR) is 108 cm³/mol. The van der Waals surface area contributed by atoms with Gasteiger partial charge in [-0.25, -0.2) is 5.26 Å². The van der Waals surface area contributed by atoms with Crippen LogP contribution in [0.3, 0.4) is 0 Å². The molecule has 0 bridgehead atoms. The number of nitrogens with two attached hydrogens (primary N) is 1. The van der Waals surface area contributed by atoms with Crippen LogP contribution in [0.1, 0.15) is 13.8 Å². The second kappa shape index (κ2) is 12.8. The molecule has 0 fully saturated rings. The number of rotatable bonds is 5. The van der Waals surface area contributed by atoms with E-state index in [1.807, 2.05) is 50.2 Å². The first-order chi connectivity index (χ1) is 13.3. The van der Waals surface area contributed by atoms with Crippen molar-refractivity contribution in [3.63, 3.8) is 0 Å². The van der Waals surface area contributed by atoms with E-state index in [9.17, 15) is 5.11 Å². The third kappa shape index (κ3) is 6.31. The number of phenols is 1.